The topological polar surface area (TPSA) is 71.8 Å². The first kappa shape index (κ1) is 33.5. The Balaban J connectivity index is 1.19. The summed E-state index contributed by atoms with van der Waals surface area (Å²) in [6.07, 6.45) is 0. The van der Waals surface area contributed by atoms with Gasteiger partial charge in [-0.25, -0.2) is 19.8 Å². The molecular formula is C59H34N6S. The Labute approximate surface area is 391 Å². The zero-order valence-electron chi connectivity index (χ0n) is 39.8. The van der Waals surface area contributed by atoms with Crippen LogP contribution >= 0.6 is 11.3 Å². The smallest absolute Gasteiger partial charge is 0.196 e. The summed E-state index contributed by atoms with van der Waals surface area (Å²) < 4.78 is 47.7. The Morgan fingerprint density at radius 2 is 1.15 bits per heavy atom. The molecule has 66 heavy (non-hydrogen) atoms. The van der Waals surface area contributed by atoms with Gasteiger partial charge in [0.25, 0.3) is 0 Å². The van der Waals surface area contributed by atoms with Crippen LogP contribution in [0.1, 0.15) is 12.4 Å². The van der Waals surface area contributed by atoms with Gasteiger partial charge in [0.1, 0.15) is 0 Å². The van der Waals surface area contributed by atoms with E-state index in [-0.39, 0.29) is 23.0 Å². The molecule has 7 heteroatoms. The number of nitrogens with zero attached hydrogens (tertiary/aromatic N) is 6. The number of hydrogen-bond donors (Lipinski definition) is 0. The Hall–Kier alpha value is -9.01. The zero-order chi connectivity index (χ0) is 48.5. The van der Waals surface area contributed by atoms with Gasteiger partial charge in [-0.05, 0) is 64.2 Å². The molecule has 0 fully saturated rings. The van der Waals surface area contributed by atoms with Gasteiger partial charge >= 0.3 is 0 Å². The molecule has 0 unspecified atom stereocenters. The Bertz CT molecular complexity index is 4210. The largest absolute Gasteiger partial charge is 0.309 e. The van der Waals surface area contributed by atoms with E-state index in [4.69, 9.17) is 28.4 Å². The van der Waals surface area contributed by atoms with Crippen LogP contribution in [-0.4, -0.2) is 19.5 Å². The van der Waals surface area contributed by atoms with Crippen molar-refractivity contribution in [2.24, 2.45) is 0 Å². The Morgan fingerprint density at radius 1 is 0.500 bits per heavy atom. The first-order chi connectivity index (χ1) is 34.7. The van der Waals surface area contributed by atoms with E-state index in [0.717, 1.165) is 75.5 Å². The highest BCUT2D eigenvalue weighted by Crippen LogP contribution is 2.47. The number of aromatic nitrogens is 4. The third kappa shape index (κ3) is 6.50. The molecule has 9 aromatic carbocycles. The molecule has 0 amide bonds. The fraction of sp³-hybridized carbons (Fsp3) is 0. The molecule has 0 aliphatic carbocycles. The lowest BCUT2D eigenvalue weighted by Crippen LogP contribution is -2.01. The van der Waals surface area contributed by atoms with Crippen molar-refractivity contribution in [3.05, 3.63) is 223 Å². The van der Waals surface area contributed by atoms with Crippen molar-refractivity contribution in [2.75, 3.05) is 0 Å². The number of fused-ring (bicyclic) bond motifs is 6. The van der Waals surface area contributed by atoms with Gasteiger partial charge in [0.05, 0.1) is 30.5 Å². The van der Waals surface area contributed by atoms with Crippen molar-refractivity contribution in [1.82, 2.24) is 19.5 Å². The second-order valence-electron chi connectivity index (χ2n) is 15.8. The number of nitriles is 1. The molecule has 0 saturated heterocycles. The third-order valence-electron chi connectivity index (χ3n) is 12.0. The van der Waals surface area contributed by atoms with Gasteiger partial charge in [0.2, 0.25) is 0 Å². The molecule has 0 atom stereocenters. The molecule has 3 heterocycles. The standard InChI is InChI=1S/C59H34N6S/c1-61-51-28-14-24-43(36-60)54(51)42-30-31-47-46-25-11-12-29-52(46)65(53(47)33-42)44-34-49-48-27-15-26-45(41-23-13-22-40(32-41)37-16-5-2-6-17-37)55(48)66-56(49)50(35-44)59-63-57(38-18-7-3-8-19-38)62-58(64-59)39-20-9-4-10-21-39/h2-35H/i3D,7D,8D,18D,19D. The summed E-state index contributed by atoms with van der Waals surface area (Å²) in [6, 6.07) is 58.1. The molecule has 0 bridgehead atoms. The maximum atomic E-state index is 10.3. The molecule has 306 valence electrons. The maximum Gasteiger partial charge on any atom is 0.196 e. The van der Waals surface area contributed by atoms with Crippen LogP contribution in [0.25, 0.3) is 120 Å². The molecule has 0 saturated carbocycles. The van der Waals surface area contributed by atoms with E-state index in [1.54, 1.807) is 29.5 Å². The van der Waals surface area contributed by atoms with Crippen LogP contribution in [-0.2, 0) is 0 Å². The Kier molecular flexibility index (Phi) is 8.11. The lowest BCUT2D eigenvalue weighted by atomic mass is 9.97. The van der Waals surface area contributed by atoms with Crippen molar-refractivity contribution in [3.8, 4) is 79.3 Å². The molecule has 12 rings (SSSR count). The van der Waals surface area contributed by atoms with Crippen LogP contribution in [0.15, 0.2) is 206 Å². The molecule has 0 N–H and O–H groups in total. The van der Waals surface area contributed by atoms with Crippen molar-refractivity contribution >= 4 is 59.0 Å². The molecule has 6 nitrogen and oxygen atoms in total. The fourth-order valence-electron chi connectivity index (χ4n) is 9.02. The normalized spacial score (nSPS) is 12.4. The first-order valence-electron chi connectivity index (χ1n) is 23.7. The number of rotatable bonds is 7. The SMILES string of the molecule is [2H]c1c([2H])c([2H])c(-c2nc(-c3ccccc3)nc(-c3cc(-n4c5ccccc5c5ccc(-c6c(C#N)cccc6[N+]#[C-])cc54)cc4c3sc3c(-c5cccc(-c6ccccc6)c5)cccc34)n2)c([2H])c1[2H]. The van der Waals surface area contributed by atoms with Crippen LogP contribution in [0, 0.1) is 17.9 Å². The molecule has 0 radical (unpaired) electrons. The van der Waals surface area contributed by atoms with Crippen LogP contribution < -0.4 is 0 Å². The molecule has 3 aromatic heterocycles. The van der Waals surface area contributed by atoms with Crippen molar-refractivity contribution in [1.29, 1.82) is 5.26 Å². The Morgan fingerprint density at radius 3 is 1.95 bits per heavy atom. The maximum absolute atomic E-state index is 10.3. The molecular weight excluding hydrogens is 825 g/mol. The summed E-state index contributed by atoms with van der Waals surface area (Å²) in [4.78, 5) is 18.9. The van der Waals surface area contributed by atoms with Gasteiger partial charge in [-0.15, -0.1) is 11.3 Å². The lowest BCUT2D eigenvalue weighted by molar-refractivity contribution is 1.07. The van der Waals surface area contributed by atoms with E-state index in [0.29, 0.717) is 27.9 Å². The number of hydrogen-bond acceptors (Lipinski definition) is 5. The highest BCUT2D eigenvalue weighted by Gasteiger charge is 2.23. The fourth-order valence-corrected chi connectivity index (χ4v) is 10.4. The average Bonchev–Trinajstić information content (AvgIpc) is 3.97. The summed E-state index contributed by atoms with van der Waals surface area (Å²) >= 11 is 1.62. The van der Waals surface area contributed by atoms with Gasteiger partial charge in [-0.1, -0.05) is 170 Å². The number of para-hydroxylation sites is 1. The predicted molar refractivity (Wildman–Crippen MR) is 271 cm³/mol. The van der Waals surface area contributed by atoms with Crippen LogP contribution in [0.2, 0.25) is 0 Å². The lowest BCUT2D eigenvalue weighted by Gasteiger charge is -2.14. The minimum atomic E-state index is -0.512. The van der Waals surface area contributed by atoms with Gasteiger partial charge in [-0.3, -0.25) is 0 Å². The van der Waals surface area contributed by atoms with Crippen molar-refractivity contribution in [2.45, 2.75) is 0 Å². The number of thiophene rings is 1. The van der Waals surface area contributed by atoms with Crippen molar-refractivity contribution in [3.63, 3.8) is 0 Å². The van der Waals surface area contributed by atoms with Gasteiger partial charge < -0.3 is 4.57 Å². The van der Waals surface area contributed by atoms with E-state index in [9.17, 15) is 5.26 Å². The van der Waals surface area contributed by atoms with E-state index in [1.807, 2.05) is 78.9 Å². The zero-order valence-corrected chi connectivity index (χ0v) is 35.7. The molecule has 0 aliphatic rings. The van der Waals surface area contributed by atoms with Gasteiger partial charge in [0, 0.05) is 64.4 Å². The highest BCUT2D eigenvalue weighted by atomic mass is 32.1. The minimum absolute atomic E-state index is 0.0581. The summed E-state index contributed by atoms with van der Waals surface area (Å²) in [5.74, 6) is 0.457. The van der Waals surface area contributed by atoms with Gasteiger partial charge in [0.15, 0.2) is 23.2 Å². The first-order valence-corrected chi connectivity index (χ1v) is 22.0. The van der Waals surface area contributed by atoms with E-state index < -0.39 is 30.2 Å². The highest BCUT2D eigenvalue weighted by molar-refractivity contribution is 7.26. The number of benzene rings is 9. The van der Waals surface area contributed by atoms with E-state index in [1.165, 1.54) is 0 Å². The van der Waals surface area contributed by atoms with E-state index in [2.05, 4.69) is 94.3 Å². The summed E-state index contributed by atoms with van der Waals surface area (Å²) in [5.41, 5.74) is 10.1. The second-order valence-corrected chi connectivity index (χ2v) is 16.8. The summed E-state index contributed by atoms with van der Waals surface area (Å²) in [6.45, 7) is 8.03. The predicted octanol–water partition coefficient (Wildman–Crippen LogP) is 15.8. The van der Waals surface area contributed by atoms with Crippen molar-refractivity contribution < 1.29 is 6.85 Å². The average molecular weight is 864 g/mol. The molecule has 12 aromatic rings. The second kappa shape index (κ2) is 16.0. The van der Waals surface area contributed by atoms with E-state index >= 15 is 0 Å². The summed E-state index contributed by atoms with van der Waals surface area (Å²) in [7, 11) is 0. The molecule has 0 aliphatic heterocycles. The van der Waals surface area contributed by atoms with Crippen LogP contribution in [0.3, 0.4) is 0 Å². The summed E-state index contributed by atoms with van der Waals surface area (Å²) in [5, 5.41) is 14.2. The third-order valence-corrected chi connectivity index (χ3v) is 13.3. The quantitative estimate of drug-likeness (QED) is 0.150. The van der Waals surface area contributed by atoms with Crippen LogP contribution in [0.5, 0.6) is 0 Å². The van der Waals surface area contributed by atoms with Crippen LogP contribution in [0.4, 0.5) is 5.69 Å². The minimum Gasteiger partial charge on any atom is -0.309 e. The monoisotopic (exact) mass is 863 g/mol. The molecule has 0 spiro atoms. The van der Waals surface area contributed by atoms with Gasteiger partial charge in [-0.2, -0.15) is 5.26 Å².